The third kappa shape index (κ3) is 3.87. The molecule has 7 nitrogen and oxygen atoms in total. The van der Waals surface area contributed by atoms with Gasteiger partial charge in [0.25, 0.3) is 5.91 Å². The fraction of sp³-hybridized carbons (Fsp3) is 0.467. The summed E-state index contributed by atoms with van der Waals surface area (Å²) in [5.74, 6) is 0.149. The lowest BCUT2D eigenvalue weighted by atomic mass is 10.3. The zero-order valence-electron chi connectivity index (χ0n) is 14.2. The zero-order valence-corrected chi connectivity index (χ0v) is 15.0. The van der Waals surface area contributed by atoms with E-state index >= 15 is 0 Å². The molecule has 2 aromatic heterocycles. The van der Waals surface area contributed by atoms with E-state index < -0.39 is 11.9 Å². The highest BCUT2D eigenvalue weighted by molar-refractivity contribution is 7.13. The van der Waals surface area contributed by atoms with E-state index in [1.165, 1.54) is 7.05 Å². The minimum absolute atomic E-state index is 0.284. The molecule has 26 heavy (non-hydrogen) atoms. The first-order chi connectivity index (χ1) is 12.3. The second kappa shape index (κ2) is 7.06. The number of aryl methyl sites for hydroxylation is 1. The molecule has 3 rings (SSSR count). The number of aromatic nitrogens is 3. The molecule has 0 unspecified atom stereocenters. The normalized spacial score (nSPS) is 15.3. The molecule has 1 amide bonds. The summed E-state index contributed by atoms with van der Waals surface area (Å²) < 4.78 is 38.1. The lowest BCUT2D eigenvalue weighted by molar-refractivity contribution is -0.140. The molecule has 1 aliphatic rings. The lowest BCUT2D eigenvalue weighted by Crippen LogP contribution is -2.47. The summed E-state index contributed by atoms with van der Waals surface area (Å²) in [4.78, 5) is 27.8. The minimum Gasteiger partial charge on any atom is -0.354 e. The van der Waals surface area contributed by atoms with Crippen LogP contribution in [0.25, 0.3) is 0 Å². The second-order valence-corrected chi connectivity index (χ2v) is 6.60. The average Bonchev–Trinajstić information content (AvgIpc) is 3.11. The summed E-state index contributed by atoms with van der Waals surface area (Å²) in [6, 6.07) is 1.60. The van der Waals surface area contributed by atoms with Gasteiger partial charge in [-0.2, -0.15) is 13.2 Å². The number of thiazole rings is 1. The third-order valence-electron chi connectivity index (χ3n) is 3.92. The van der Waals surface area contributed by atoms with Crippen LogP contribution >= 0.6 is 11.3 Å². The van der Waals surface area contributed by atoms with E-state index in [4.69, 9.17) is 0 Å². The zero-order chi connectivity index (χ0) is 18.9. The number of halogens is 3. The summed E-state index contributed by atoms with van der Waals surface area (Å²) >= 11 is 0.984. The number of hydrogen-bond acceptors (Lipinski definition) is 7. The van der Waals surface area contributed by atoms with Crippen molar-refractivity contribution in [2.24, 2.45) is 0 Å². The first-order valence-electron chi connectivity index (χ1n) is 7.88. The molecule has 0 radical (unpaired) electrons. The van der Waals surface area contributed by atoms with Gasteiger partial charge in [0.15, 0.2) is 10.8 Å². The number of anilines is 2. The van der Waals surface area contributed by atoms with Crippen LogP contribution in [0.3, 0.4) is 0 Å². The van der Waals surface area contributed by atoms with Gasteiger partial charge in [-0.1, -0.05) is 0 Å². The van der Waals surface area contributed by atoms with E-state index in [0.717, 1.165) is 16.7 Å². The monoisotopic (exact) mass is 386 g/mol. The molecular formula is C15H17F3N6OS. The number of alkyl halides is 3. The van der Waals surface area contributed by atoms with Crippen molar-refractivity contribution in [1.82, 2.24) is 20.3 Å². The largest absolute Gasteiger partial charge is 0.434 e. The standard InChI is InChI=1S/C15H17F3N6OS/c1-9-7-10(12(25)19-2)21-13(20-9)23-3-5-24(6-4-23)14-22-11(8-26-14)15(16,17)18/h7-8H,3-6H2,1-2H3,(H,19,25). The summed E-state index contributed by atoms with van der Waals surface area (Å²) in [5, 5.41) is 3.91. The van der Waals surface area contributed by atoms with Gasteiger partial charge < -0.3 is 15.1 Å². The number of carbonyl (C=O) groups is 1. The van der Waals surface area contributed by atoms with Crippen molar-refractivity contribution in [3.05, 3.63) is 28.5 Å². The first-order valence-corrected chi connectivity index (χ1v) is 8.76. The second-order valence-electron chi connectivity index (χ2n) is 5.76. The molecule has 0 atom stereocenters. The van der Waals surface area contributed by atoms with Crippen LogP contribution in [-0.4, -0.2) is 54.1 Å². The van der Waals surface area contributed by atoms with Crippen LogP contribution in [0.1, 0.15) is 21.9 Å². The highest BCUT2D eigenvalue weighted by Crippen LogP contribution is 2.33. The topological polar surface area (TPSA) is 74.2 Å². The van der Waals surface area contributed by atoms with Crippen LogP contribution in [0.2, 0.25) is 0 Å². The fourth-order valence-corrected chi connectivity index (χ4v) is 3.46. The molecule has 2 aromatic rings. The van der Waals surface area contributed by atoms with Crippen LogP contribution in [0.4, 0.5) is 24.3 Å². The molecule has 11 heteroatoms. The summed E-state index contributed by atoms with van der Waals surface area (Å²) in [5.41, 5.74) is 0.0927. The number of hydrogen-bond donors (Lipinski definition) is 1. The Morgan fingerprint density at radius 3 is 2.38 bits per heavy atom. The molecule has 0 aliphatic carbocycles. The number of carbonyl (C=O) groups excluding carboxylic acids is 1. The minimum atomic E-state index is -4.43. The van der Waals surface area contributed by atoms with Crippen molar-refractivity contribution >= 4 is 28.3 Å². The van der Waals surface area contributed by atoms with Crippen molar-refractivity contribution < 1.29 is 18.0 Å². The summed E-state index contributed by atoms with van der Waals surface area (Å²) in [7, 11) is 1.53. The molecule has 0 bridgehead atoms. The molecule has 1 N–H and O–H groups in total. The molecule has 140 valence electrons. The predicted octanol–water partition coefficient (Wildman–Crippen LogP) is 1.95. The smallest absolute Gasteiger partial charge is 0.354 e. The molecule has 3 heterocycles. The van der Waals surface area contributed by atoms with E-state index in [1.807, 2.05) is 9.80 Å². The van der Waals surface area contributed by atoms with Crippen LogP contribution in [-0.2, 0) is 6.18 Å². The Labute approximate surface area is 151 Å². The maximum absolute atomic E-state index is 12.7. The third-order valence-corrected chi connectivity index (χ3v) is 4.82. The van der Waals surface area contributed by atoms with Crippen molar-refractivity contribution in [1.29, 1.82) is 0 Å². The molecular weight excluding hydrogens is 369 g/mol. The molecule has 1 fully saturated rings. The van der Waals surface area contributed by atoms with Crippen LogP contribution in [0.15, 0.2) is 11.4 Å². The predicted molar refractivity (Wildman–Crippen MR) is 91.7 cm³/mol. The number of nitrogens with zero attached hydrogens (tertiary/aromatic N) is 5. The first kappa shape index (κ1) is 18.4. The Hall–Kier alpha value is -2.43. The van der Waals surface area contributed by atoms with E-state index in [9.17, 15) is 18.0 Å². The Morgan fingerprint density at radius 1 is 1.15 bits per heavy atom. The molecule has 0 saturated carbocycles. The van der Waals surface area contributed by atoms with E-state index in [-0.39, 0.29) is 11.6 Å². The average molecular weight is 386 g/mol. The quantitative estimate of drug-likeness (QED) is 0.869. The van der Waals surface area contributed by atoms with Gasteiger partial charge in [0.1, 0.15) is 5.69 Å². The van der Waals surface area contributed by atoms with Gasteiger partial charge in [-0.15, -0.1) is 11.3 Å². The number of piperazine rings is 1. The van der Waals surface area contributed by atoms with Crippen molar-refractivity contribution in [3.63, 3.8) is 0 Å². The summed E-state index contributed by atoms with van der Waals surface area (Å²) in [6.07, 6.45) is -4.43. The van der Waals surface area contributed by atoms with Crippen LogP contribution in [0, 0.1) is 6.92 Å². The highest BCUT2D eigenvalue weighted by Gasteiger charge is 2.34. The van der Waals surface area contributed by atoms with Crippen molar-refractivity contribution in [2.45, 2.75) is 13.1 Å². The Balaban J connectivity index is 1.70. The van der Waals surface area contributed by atoms with Gasteiger partial charge >= 0.3 is 6.18 Å². The Kier molecular flexibility index (Phi) is 4.99. The van der Waals surface area contributed by atoms with Crippen LogP contribution in [0.5, 0.6) is 0 Å². The van der Waals surface area contributed by atoms with E-state index in [0.29, 0.717) is 43.0 Å². The van der Waals surface area contributed by atoms with Gasteiger partial charge in [0.05, 0.1) is 0 Å². The van der Waals surface area contributed by atoms with Crippen molar-refractivity contribution in [3.8, 4) is 0 Å². The molecule has 0 spiro atoms. The van der Waals surface area contributed by atoms with E-state index in [2.05, 4.69) is 20.3 Å². The summed E-state index contributed by atoms with van der Waals surface area (Å²) in [6.45, 7) is 3.83. The molecule has 0 aromatic carbocycles. The molecule has 1 aliphatic heterocycles. The number of rotatable bonds is 3. The van der Waals surface area contributed by atoms with Gasteiger partial charge in [0.2, 0.25) is 5.95 Å². The van der Waals surface area contributed by atoms with Gasteiger partial charge in [0, 0.05) is 44.3 Å². The Bertz CT molecular complexity index is 801. The van der Waals surface area contributed by atoms with Crippen molar-refractivity contribution in [2.75, 3.05) is 43.0 Å². The fourth-order valence-electron chi connectivity index (χ4n) is 2.58. The Morgan fingerprint density at radius 2 is 1.81 bits per heavy atom. The van der Waals surface area contributed by atoms with Gasteiger partial charge in [-0.3, -0.25) is 4.79 Å². The maximum Gasteiger partial charge on any atom is 0.434 e. The van der Waals surface area contributed by atoms with Gasteiger partial charge in [-0.25, -0.2) is 15.0 Å². The number of amides is 1. The molecule has 1 saturated heterocycles. The maximum atomic E-state index is 12.7. The lowest BCUT2D eigenvalue weighted by Gasteiger charge is -2.34. The highest BCUT2D eigenvalue weighted by atomic mass is 32.1. The van der Waals surface area contributed by atoms with Crippen LogP contribution < -0.4 is 15.1 Å². The number of nitrogens with one attached hydrogen (secondary N) is 1. The van der Waals surface area contributed by atoms with Gasteiger partial charge in [-0.05, 0) is 13.0 Å². The van der Waals surface area contributed by atoms with E-state index in [1.54, 1.807) is 13.0 Å². The SMILES string of the molecule is CNC(=O)c1cc(C)nc(N2CCN(c3nc(C(F)(F)F)cs3)CC2)n1.